The van der Waals surface area contributed by atoms with Gasteiger partial charge in [-0.1, -0.05) is 12.1 Å². The van der Waals surface area contributed by atoms with Gasteiger partial charge >= 0.3 is 0 Å². The van der Waals surface area contributed by atoms with Gasteiger partial charge in [0.2, 0.25) is 0 Å². The predicted molar refractivity (Wildman–Crippen MR) is 69.1 cm³/mol. The van der Waals surface area contributed by atoms with Gasteiger partial charge in [0.1, 0.15) is 0 Å². The van der Waals surface area contributed by atoms with Gasteiger partial charge in [-0.2, -0.15) is 0 Å². The topological polar surface area (TPSA) is 37.4 Å². The second-order valence-electron chi connectivity index (χ2n) is 4.93. The number of hydrogen-bond donors (Lipinski definition) is 0. The van der Waals surface area contributed by atoms with Crippen molar-refractivity contribution in [3.8, 4) is 0 Å². The van der Waals surface area contributed by atoms with E-state index in [1.165, 1.54) is 11.3 Å². The third-order valence-electron chi connectivity index (χ3n) is 3.42. The maximum atomic E-state index is 11.5. The summed E-state index contributed by atoms with van der Waals surface area (Å²) in [5.41, 5.74) is 4.66. The van der Waals surface area contributed by atoms with Crippen LogP contribution in [0.5, 0.6) is 0 Å². The minimum Gasteiger partial charge on any atom is -0.363 e. The molecule has 3 rings (SSSR count). The van der Waals surface area contributed by atoms with Crippen molar-refractivity contribution in [1.82, 2.24) is 0 Å². The van der Waals surface area contributed by atoms with Crippen LogP contribution in [0.25, 0.3) is 0 Å². The Balaban J connectivity index is 1.81. The Morgan fingerprint density at radius 3 is 2.35 bits per heavy atom. The third-order valence-corrected chi connectivity index (χ3v) is 5.00. The third kappa shape index (κ3) is 1.97. The molecule has 0 aromatic heterocycles. The standard InChI is InChI=1S/C13H15NO2S/c1-10-3-2-4-13(5-10)14-6-11-8-17(15,16)9-12(11)7-14/h2-5H,6-9H2,1H3. The molecule has 1 aromatic carbocycles. The molecule has 0 N–H and O–H groups in total. The van der Waals surface area contributed by atoms with E-state index in [1.807, 2.05) is 6.07 Å². The van der Waals surface area contributed by atoms with Crippen LogP contribution in [-0.4, -0.2) is 33.0 Å². The summed E-state index contributed by atoms with van der Waals surface area (Å²) in [5.74, 6) is 0.537. The van der Waals surface area contributed by atoms with Gasteiger partial charge in [-0.05, 0) is 35.8 Å². The monoisotopic (exact) mass is 249 g/mol. The summed E-state index contributed by atoms with van der Waals surface area (Å²) in [6.45, 7) is 3.63. The van der Waals surface area contributed by atoms with Crippen LogP contribution >= 0.6 is 0 Å². The van der Waals surface area contributed by atoms with E-state index in [9.17, 15) is 8.42 Å². The molecule has 0 atom stereocenters. The molecule has 0 unspecified atom stereocenters. The van der Waals surface area contributed by atoms with Gasteiger partial charge in [0.15, 0.2) is 9.84 Å². The van der Waals surface area contributed by atoms with Crippen molar-refractivity contribution in [3.63, 3.8) is 0 Å². The minimum absolute atomic E-state index is 0.269. The number of rotatable bonds is 1. The van der Waals surface area contributed by atoms with Crippen molar-refractivity contribution in [2.75, 3.05) is 29.5 Å². The van der Waals surface area contributed by atoms with Crippen LogP contribution in [0.2, 0.25) is 0 Å². The molecule has 17 heavy (non-hydrogen) atoms. The highest BCUT2D eigenvalue weighted by molar-refractivity contribution is 7.92. The molecule has 0 bridgehead atoms. The van der Waals surface area contributed by atoms with E-state index in [0.717, 1.165) is 24.2 Å². The first kappa shape index (κ1) is 10.8. The first-order chi connectivity index (χ1) is 8.03. The summed E-state index contributed by atoms with van der Waals surface area (Å²) in [5, 5.41) is 0. The van der Waals surface area contributed by atoms with Crippen LogP contribution in [0.4, 0.5) is 5.69 Å². The zero-order valence-electron chi connectivity index (χ0n) is 9.81. The molecule has 0 fully saturated rings. The Morgan fingerprint density at radius 1 is 1.12 bits per heavy atom. The summed E-state index contributed by atoms with van der Waals surface area (Å²) in [4.78, 5) is 2.26. The fourth-order valence-corrected chi connectivity index (χ4v) is 4.38. The molecular weight excluding hydrogens is 234 g/mol. The highest BCUT2D eigenvalue weighted by atomic mass is 32.2. The van der Waals surface area contributed by atoms with Crippen molar-refractivity contribution >= 4 is 15.5 Å². The van der Waals surface area contributed by atoms with Gasteiger partial charge in [0, 0.05) is 18.8 Å². The molecule has 2 heterocycles. The normalized spacial score (nSPS) is 22.1. The van der Waals surface area contributed by atoms with Crippen molar-refractivity contribution in [1.29, 1.82) is 0 Å². The summed E-state index contributed by atoms with van der Waals surface area (Å²) in [6.07, 6.45) is 0. The first-order valence-electron chi connectivity index (χ1n) is 5.75. The first-order valence-corrected chi connectivity index (χ1v) is 7.57. The number of benzene rings is 1. The maximum absolute atomic E-state index is 11.5. The van der Waals surface area contributed by atoms with E-state index in [1.54, 1.807) is 0 Å². The smallest absolute Gasteiger partial charge is 0.158 e. The Kier molecular flexibility index (Phi) is 2.30. The van der Waals surface area contributed by atoms with E-state index in [4.69, 9.17) is 0 Å². The van der Waals surface area contributed by atoms with E-state index in [0.29, 0.717) is 0 Å². The quantitative estimate of drug-likeness (QED) is 0.709. The van der Waals surface area contributed by atoms with Gasteiger partial charge in [-0.25, -0.2) is 8.42 Å². The number of sulfone groups is 1. The van der Waals surface area contributed by atoms with Gasteiger partial charge in [-0.3, -0.25) is 0 Å². The summed E-state index contributed by atoms with van der Waals surface area (Å²) >= 11 is 0. The van der Waals surface area contributed by atoms with Gasteiger partial charge < -0.3 is 4.90 Å². The number of aryl methyl sites for hydroxylation is 1. The van der Waals surface area contributed by atoms with Gasteiger partial charge in [0.05, 0.1) is 11.5 Å². The fraction of sp³-hybridized carbons (Fsp3) is 0.385. The van der Waals surface area contributed by atoms with E-state index in [2.05, 4.69) is 30.0 Å². The molecule has 0 radical (unpaired) electrons. The molecule has 0 saturated carbocycles. The van der Waals surface area contributed by atoms with Gasteiger partial charge in [0.25, 0.3) is 0 Å². The lowest BCUT2D eigenvalue weighted by Gasteiger charge is -2.20. The number of hydrogen-bond acceptors (Lipinski definition) is 3. The number of nitrogens with zero attached hydrogens (tertiary/aromatic N) is 1. The molecule has 2 aliphatic heterocycles. The van der Waals surface area contributed by atoms with Crippen LogP contribution < -0.4 is 4.90 Å². The van der Waals surface area contributed by atoms with E-state index in [-0.39, 0.29) is 11.5 Å². The molecular formula is C13H15NO2S. The molecule has 1 aromatic rings. The molecule has 2 aliphatic rings. The van der Waals surface area contributed by atoms with Crippen LogP contribution in [0.1, 0.15) is 5.56 Å². The highest BCUT2D eigenvalue weighted by Gasteiger charge is 2.33. The Morgan fingerprint density at radius 2 is 1.76 bits per heavy atom. The minimum atomic E-state index is -2.82. The zero-order chi connectivity index (χ0) is 12.0. The van der Waals surface area contributed by atoms with Crippen molar-refractivity contribution in [3.05, 3.63) is 41.0 Å². The van der Waals surface area contributed by atoms with E-state index >= 15 is 0 Å². The molecule has 0 amide bonds. The van der Waals surface area contributed by atoms with Crippen LogP contribution in [0, 0.1) is 6.92 Å². The summed E-state index contributed by atoms with van der Waals surface area (Å²) < 4.78 is 23.0. The zero-order valence-corrected chi connectivity index (χ0v) is 10.6. The lowest BCUT2D eigenvalue weighted by atomic mass is 10.2. The van der Waals surface area contributed by atoms with Crippen molar-refractivity contribution < 1.29 is 8.42 Å². The molecule has 4 heteroatoms. The van der Waals surface area contributed by atoms with Crippen LogP contribution in [-0.2, 0) is 9.84 Å². The van der Waals surface area contributed by atoms with Crippen molar-refractivity contribution in [2.45, 2.75) is 6.92 Å². The summed E-state index contributed by atoms with van der Waals surface area (Å²) in [7, 11) is -2.82. The molecule has 0 saturated heterocycles. The number of anilines is 1. The van der Waals surface area contributed by atoms with Crippen molar-refractivity contribution in [2.24, 2.45) is 0 Å². The lowest BCUT2D eigenvalue weighted by Crippen LogP contribution is -2.24. The second kappa shape index (κ2) is 3.60. The Bertz CT molecular complexity index is 578. The van der Waals surface area contributed by atoms with Crippen LogP contribution in [0.15, 0.2) is 35.4 Å². The lowest BCUT2D eigenvalue weighted by molar-refractivity contribution is 0.602. The summed E-state index contributed by atoms with van der Waals surface area (Å²) in [6, 6.07) is 8.36. The predicted octanol–water partition coefficient (Wildman–Crippen LogP) is 1.54. The Hall–Kier alpha value is -1.29. The Labute approximate surface area is 102 Å². The average molecular weight is 249 g/mol. The second-order valence-corrected chi connectivity index (χ2v) is 7.00. The molecule has 0 aliphatic carbocycles. The highest BCUT2D eigenvalue weighted by Crippen LogP contribution is 2.30. The maximum Gasteiger partial charge on any atom is 0.158 e. The van der Waals surface area contributed by atoms with Gasteiger partial charge in [-0.15, -0.1) is 0 Å². The fourth-order valence-electron chi connectivity index (χ4n) is 2.62. The SMILES string of the molecule is Cc1cccc(N2CC3=C(C2)CS(=O)(=O)C3)c1. The molecule has 3 nitrogen and oxygen atoms in total. The van der Waals surface area contributed by atoms with E-state index < -0.39 is 9.84 Å². The average Bonchev–Trinajstić information content (AvgIpc) is 2.71. The largest absolute Gasteiger partial charge is 0.363 e. The van der Waals surface area contributed by atoms with Crippen LogP contribution in [0.3, 0.4) is 0 Å². The molecule has 90 valence electrons. The molecule has 0 spiro atoms.